The van der Waals surface area contributed by atoms with E-state index in [1.54, 1.807) is 61.7 Å². The van der Waals surface area contributed by atoms with Crippen LogP contribution in [-0.4, -0.2) is 278 Å². The fraction of sp³-hybridized carbons (Fsp3) is 0.663. The molecule has 130 heavy (non-hydrogen) atoms. The van der Waals surface area contributed by atoms with Crippen LogP contribution in [0.5, 0.6) is 0 Å². The molecule has 3 fully saturated rings. The molecule has 2 saturated heterocycles. The number of hydrogen-bond donors (Lipinski definition) is 5. The monoisotopic (exact) mass is 1820 g/mol. The van der Waals surface area contributed by atoms with Crippen LogP contribution in [-0.2, 0) is 110 Å². The maximum absolute atomic E-state index is 14.9. The summed E-state index contributed by atoms with van der Waals surface area (Å²) in [5.41, 5.74) is 17.4. The van der Waals surface area contributed by atoms with Crippen molar-refractivity contribution >= 4 is 69.1 Å². The van der Waals surface area contributed by atoms with Crippen molar-refractivity contribution in [3.8, 4) is 11.3 Å². The standard InChI is InChI=1S/C95H140N12O23/c1-63-20-11-10-12-21-64(2)74(78-24-19-37-126-78)59-73-28-25-69(7)95(115,130-73)89(112)92(113)106-33-16-13-23-76(106)93(114)128-81(60-77(108)65(3)55-68(6)87(111)88(117-9)86(110)67(5)54-63)66(4)56-70-26-29-80(82(57-70)116-8)127-36-18-14-22-72-61-105(104-102-72)35-39-119-41-43-121-45-47-123-49-51-125-53-52-124-50-48-122-46-44-120-42-40-118-38-31-83(109)98-32-15-17-34-107-91-84(90(96)99-62-100-91)85(103-107)71-27-30-79-75(58-71)101-94(97)129-79/h10-12,19-21,24,27,30,37,55,58,61-63,65-67,69-70,73-74,76,80-82,87-88,111,115H,13-18,22-23,25-26,28-29,31-36,38-54,56-57,59-60H2,1-9H3,(H2,97,101)(H,98,109)(H2,96,99,100)/b12-10+,20-11+,64-21+,68-55+/t63-,65-,66-,67-,69-,70+,73+,74?,76+,80-,81+,82-,87-,88+,95-/m1/s1. The number of nitrogens with one attached hydrogen (secondary N) is 1. The average molecular weight is 1820 g/mol. The number of nitrogens with zero attached hydrogens (tertiary/aromatic N) is 9. The van der Waals surface area contributed by atoms with E-state index in [0.717, 1.165) is 61.8 Å². The van der Waals surface area contributed by atoms with E-state index in [2.05, 4.69) is 30.6 Å². The number of rotatable bonds is 45. The molecule has 2 amide bonds. The molecule has 15 atom stereocenters. The highest BCUT2D eigenvalue weighted by Gasteiger charge is 2.53. The lowest BCUT2D eigenvalue weighted by Crippen LogP contribution is -2.60. The molecule has 35 heteroatoms. The van der Waals surface area contributed by atoms with Gasteiger partial charge < -0.3 is 102 Å². The Morgan fingerprint density at radius 3 is 2.12 bits per heavy atom. The van der Waals surface area contributed by atoms with Crippen LogP contribution < -0.4 is 16.8 Å². The minimum Gasteiger partial charge on any atom is -0.469 e. The van der Waals surface area contributed by atoms with Gasteiger partial charge in [0.2, 0.25) is 11.7 Å². The van der Waals surface area contributed by atoms with Gasteiger partial charge in [0.25, 0.3) is 17.7 Å². The summed E-state index contributed by atoms with van der Waals surface area (Å²) in [7, 11) is 3.07. The molecule has 7 N–H and O–H groups in total. The van der Waals surface area contributed by atoms with Crippen LogP contribution in [0.1, 0.15) is 175 Å². The number of nitrogen functional groups attached to an aromatic ring is 2. The number of nitrogens with two attached hydrogens (primary N) is 2. The molecule has 718 valence electrons. The number of ether oxygens (including phenoxy) is 13. The fourth-order valence-electron chi connectivity index (χ4n) is 17.2. The molecule has 3 aliphatic heterocycles. The number of aryl methyl sites for hydroxylation is 2. The molecule has 1 aliphatic carbocycles. The molecule has 6 aromatic rings. The van der Waals surface area contributed by atoms with E-state index >= 15 is 0 Å². The second-order valence-corrected chi connectivity index (χ2v) is 34.7. The summed E-state index contributed by atoms with van der Waals surface area (Å²) in [6.07, 6.45) is 21.4. The number of oxazole rings is 1. The SMILES string of the molecule is CO[C@@H]1C[C@H](C[C@@H](C)[C@@H]2CC(=O)[C@H](C)/C=C(\C)[C@@H](O)[C@@H](OC)C(=O)[C@H](C)C[C@H](C)/C=C/C=C/C=C(\C)C(c3ccco3)C[C@@H]3CC[C@@H](C)[C@@](O)(O3)C(=O)C(=O)N3CCCC[C@H]3C(=O)O2)CC[C@H]1OCCCCc1cn(CCOCCOCCOCCOCCOCCOCCOCCOCCC(=O)NCCCCn2nc(-c3ccc4oc(N)nc4c3)c3c(N)ncnc32)nn1. The molecule has 5 aromatic heterocycles. The number of amides is 2. The number of furan rings is 1. The van der Waals surface area contributed by atoms with Gasteiger partial charge in [0.1, 0.15) is 59.3 Å². The van der Waals surface area contributed by atoms with Crippen LogP contribution in [0.25, 0.3) is 33.4 Å². The number of carbonyl (C=O) groups excluding carboxylic acids is 6. The number of aromatic nitrogens is 8. The number of hydrogen-bond acceptors (Lipinski definition) is 31. The minimum absolute atomic E-state index is 0.0151. The lowest BCUT2D eigenvalue weighted by Gasteiger charge is -2.42. The number of fused-ring (bicyclic) bond motifs is 5. The summed E-state index contributed by atoms with van der Waals surface area (Å²) in [5, 5.41) is 41.1. The third-order valence-corrected chi connectivity index (χ3v) is 24.8. The van der Waals surface area contributed by atoms with Crippen LogP contribution in [0.3, 0.4) is 0 Å². The fourth-order valence-corrected chi connectivity index (χ4v) is 17.2. The molecule has 0 radical (unpaired) electrons. The zero-order valence-electron chi connectivity index (χ0n) is 77.4. The molecule has 2 bridgehead atoms. The number of carbonyl (C=O) groups is 6. The predicted octanol–water partition coefficient (Wildman–Crippen LogP) is 10.4. The second-order valence-electron chi connectivity index (χ2n) is 34.7. The Kier molecular flexibility index (Phi) is 43.1. The summed E-state index contributed by atoms with van der Waals surface area (Å²) in [6.45, 7) is 21.6. The first-order chi connectivity index (χ1) is 62.9. The van der Waals surface area contributed by atoms with Gasteiger partial charge in [-0.3, -0.25) is 24.0 Å². The van der Waals surface area contributed by atoms with Crippen LogP contribution in [0.4, 0.5) is 11.8 Å². The van der Waals surface area contributed by atoms with Crippen LogP contribution >= 0.6 is 0 Å². The topological polar surface area (TPSA) is 444 Å². The number of piperidine rings is 1. The maximum Gasteiger partial charge on any atom is 0.329 e. The lowest BCUT2D eigenvalue weighted by atomic mass is 9.78. The molecular weight excluding hydrogens is 1680 g/mol. The zero-order valence-corrected chi connectivity index (χ0v) is 77.4. The van der Waals surface area contributed by atoms with Crippen LogP contribution in [0, 0.1) is 35.5 Å². The van der Waals surface area contributed by atoms with Crippen molar-refractivity contribution in [2.45, 2.75) is 232 Å². The summed E-state index contributed by atoms with van der Waals surface area (Å²) in [6, 6.07) is 8.07. The van der Waals surface area contributed by atoms with Gasteiger partial charge in [-0.1, -0.05) is 81.9 Å². The minimum atomic E-state index is -2.48. The van der Waals surface area contributed by atoms with Gasteiger partial charge >= 0.3 is 5.97 Å². The second kappa shape index (κ2) is 54.3. The van der Waals surface area contributed by atoms with E-state index in [-0.39, 0.29) is 91.8 Å². The summed E-state index contributed by atoms with van der Waals surface area (Å²) >= 11 is 0. The third-order valence-electron chi connectivity index (χ3n) is 24.8. The normalized spacial score (nSPS) is 26.2. The molecule has 1 saturated carbocycles. The number of anilines is 2. The Morgan fingerprint density at radius 1 is 0.731 bits per heavy atom. The maximum atomic E-state index is 14.9. The molecule has 1 aromatic carbocycles. The van der Waals surface area contributed by atoms with E-state index in [4.69, 9.17) is 87.0 Å². The highest BCUT2D eigenvalue weighted by molar-refractivity contribution is 6.39. The molecule has 4 aliphatic rings. The summed E-state index contributed by atoms with van der Waals surface area (Å²) in [5.74, 6) is -7.65. The van der Waals surface area contributed by atoms with Gasteiger partial charge in [-0.15, -0.1) is 5.10 Å². The average Bonchev–Trinajstić information content (AvgIpc) is 1.75. The van der Waals surface area contributed by atoms with Gasteiger partial charge in [-0.2, -0.15) is 10.1 Å². The molecular formula is C95H140N12O23. The Labute approximate surface area is 762 Å². The number of allylic oxidation sites excluding steroid dienone is 7. The molecule has 0 spiro atoms. The van der Waals surface area contributed by atoms with Gasteiger partial charge in [0.15, 0.2) is 17.0 Å². The van der Waals surface area contributed by atoms with Crippen molar-refractivity contribution in [1.82, 2.24) is 49.9 Å². The van der Waals surface area contributed by atoms with Crippen LogP contribution in [0.2, 0.25) is 0 Å². The quantitative estimate of drug-likeness (QED) is 0.0103. The first-order valence-electron chi connectivity index (χ1n) is 46.4. The Balaban J connectivity index is 0.550. The van der Waals surface area contributed by atoms with Crippen molar-refractivity contribution in [1.29, 1.82) is 0 Å². The van der Waals surface area contributed by atoms with Gasteiger partial charge in [0.05, 0.1) is 148 Å². The number of benzene rings is 1. The first kappa shape index (κ1) is 103. The summed E-state index contributed by atoms with van der Waals surface area (Å²) in [4.78, 5) is 99.3. The first-order valence-corrected chi connectivity index (χ1v) is 46.4. The Morgan fingerprint density at radius 2 is 1.43 bits per heavy atom. The van der Waals surface area contributed by atoms with E-state index in [9.17, 15) is 39.0 Å². The van der Waals surface area contributed by atoms with Gasteiger partial charge in [-0.05, 0) is 170 Å². The Hall–Kier alpha value is -8.92. The number of aliphatic hydroxyl groups excluding tert-OH is 1. The van der Waals surface area contributed by atoms with E-state index in [1.807, 2.05) is 82.5 Å². The number of cyclic esters (lactones) is 1. The number of ketones is 3. The highest BCUT2D eigenvalue weighted by Crippen LogP contribution is 2.42. The largest absolute Gasteiger partial charge is 0.469 e. The van der Waals surface area contributed by atoms with Gasteiger partial charge in [-0.25, -0.2) is 24.1 Å². The number of methoxy groups -OCH3 is 2. The number of unbranched alkanes of at least 4 members (excludes halogenated alkanes) is 2. The number of aliphatic hydroxyl groups is 2. The van der Waals surface area contributed by atoms with Crippen molar-refractivity contribution in [2.75, 3.05) is 151 Å². The van der Waals surface area contributed by atoms with E-state index in [1.165, 1.54) is 18.3 Å². The van der Waals surface area contributed by atoms with E-state index in [0.29, 0.717) is 222 Å². The smallest absolute Gasteiger partial charge is 0.329 e. The predicted molar refractivity (Wildman–Crippen MR) is 483 cm³/mol. The zero-order chi connectivity index (χ0) is 92.7. The van der Waals surface area contributed by atoms with Crippen molar-refractivity contribution in [3.05, 3.63) is 108 Å². The highest BCUT2D eigenvalue weighted by atomic mass is 16.6. The van der Waals surface area contributed by atoms with Gasteiger partial charge in [0, 0.05) is 88.7 Å². The third kappa shape index (κ3) is 31.6. The lowest BCUT2D eigenvalue weighted by molar-refractivity contribution is -0.264. The molecule has 35 nitrogen and oxygen atoms in total. The van der Waals surface area contributed by atoms with Crippen molar-refractivity contribution in [2.24, 2.45) is 35.5 Å². The van der Waals surface area contributed by atoms with E-state index < -0.39 is 71.7 Å². The van der Waals surface area contributed by atoms with Crippen molar-refractivity contribution < 1.29 is 109 Å². The number of Topliss-reactive ketones (excluding diaryl/α,β-unsaturated/α-hetero) is 3. The Bertz CT molecular complexity index is 4590. The van der Waals surface area contributed by atoms with Crippen LogP contribution in [0.15, 0.2) is 106 Å². The number of esters is 1. The molecule has 10 rings (SSSR count). The molecule has 8 heterocycles. The molecule has 1 unspecified atom stereocenters. The summed E-state index contributed by atoms with van der Waals surface area (Å²) < 4.78 is 91.1. The van der Waals surface area contributed by atoms with Crippen molar-refractivity contribution in [3.63, 3.8) is 0 Å².